The van der Waals surface area contributed by atoms with Crippen molar-refractivity contribution in [3.05, 3.63) is 58.3 Å². The molecule has 0 aliphatic heterocycles. The van der Waals surface area contributed by atoms with Crippen molar-refractivity contribution < 1.29 is 17.7 Å². The van der Waals surface area contributed by atoms with Crippen molar-refractivity contribution in [1.29, 1.82) is 0 Å². The van der Waals surface area contributed by atoms with E-state index < -0.39 is 17.6 Å². The van der Waals surface area contributed by atoms with E-state index in [1.807, 2.05) is 18.2 Å². The van der Waals surface area contributed by atoms with Crippen molar-refractivity contribution in [2.24, 2.45) is 7.05 Å². The van der Waals surface area contributed by atoms with Crippen LogP contribution in [0.4, 0.5) is 13.2 Å². The third kappa shape index (κ3) is 3.18. The SMILES string of the molecule is Cn1nnc2cc(Cn3ccc(-c4noc(C(F)(F)F)n4)cc3=O)ccc21. The zero-order chi connectivity index (χ0) is 19.2. The first-order valence-corrected chi connectivity index (χ1v) is 7.71. The van der Waals surface area contributed by atoms with Crippen LogP contribution in [0.25, 0.3) is 22.4 Å². The van der Waals surface area contributed by atoms with Gasteiger partial charge >= 0.3 is 12.1 Å². The molecule has 3 aromatic heterocycles. The van der Waals surface area contributed by atoms with Gasteiger partial charge in [0.25, 0.3) is 5.56 Å². The van der Waals surface area contributed by atoms with Gasteiger partial charge in [0.05, 0.1) is 12.1 Å². The lowest BCUT2D eigenvalue weighted by Gasteiger charge is -2.06. The molecular formula is C16H11F3N6O2. The molecule has 0 aliphatic carbocycles. The molecule has 0 N–H and O–H groups in total. The van der Waals surface area contributed by atoms with E-state index in [4.69, 9.17) is 0 Å². The summed E-state index contributed by atoms with van der Waals surface area (Å²) in [5.41, 5.74) is 2.12. The van der Waals surface area contributed by atoms with E-state index >= 15 is 0 Å². The molecule has 0 saturated heterocycles. The van der Waals surface area contributed by atoms with Gasteiger partial charge in [-0.1, -0.05) is 16.4 Å². The molecule has 0 amide bonds. The molecule has 3 heterocycles. The maximum Gasteiger partial charge on any atom is 0.471 e. The Balaban J connectivity index is 1.61. The first-order chi connectivity index (χ1) is 12.8. The molecule has 27 heavy (non-hydrogen) atoms. The molecule has 1 aromatic carbocycles. The first kappa shape index (κ1) is 16.9. The van der Waals surface area contributed by atoms with E-state index in [1.165, 1.54) is 16.8 Å². The highest BCUT2D eigenvalue weighted by atomic mass is 19.4. The summed E-state index contributed by atoms with van der Waals surface area (Å²) in [5, 5.41) is 11.2. The highest BCUT2D eigenvalue weighted by molar-refractivity contribution is 5.74. The Bertz CT molecular complexity index is 1190. The van der Waals surface area contributed by atoms with E-state index in [2.05, 4.69) is 25.0 Å². The quantitative estimate of drug-likeness (QED) is 0.545. The summed E-state index contributed by atoms with van der Waals surface area (Å²) < 4.78 is 44.9. The van der Waals surface area contributed by atoms with Gasteiger partial charge in [-0.15, -0.1) is 5.10 Å². The standard InChI is InChI=1S/C16H11F3N6O2/c1-24-12-3-2-9(6-11(12)21-23-24)8-25-5-4-10(7-13(25)26)14-20-15(27-22-14)16(17,18)19/h2-7H,8H2,1H3. The maximum absolute atomic E-state index is 12.5. The number of aromatic nitrogens is 6. The van der Waals surface area contributed by atoms with E-state index in [0.29, 0.717) is 5.52 Å². The van der Waals surface area contributed by atoms with Crippen LogP contribution in [0.3, 0.4) is 0 Å². The summed E-state index contributed by atoms with van der Waals surface area (Å²) in [7, 11) is 1.78. The molecule has 138 valence electrons. The molecule has 0 atom stereocenters. The third-order valence-corrected chi connectivity index (χ3v) is 3.95. The molecule has 0 fully saturated rings. The first-order valence-electron chi connectivity index (χ1n) is 7.71. The molecule has 4 aromatic rings. The maximum atomic E-state index is 12.5. The minimum atomic E-state index is -4.74. The summed E-state index contributed by atoms with van der Waals surface area (Å²) in [6, 6.07) is 8.12. The summed E-state index contributed by atoms with van der Waals surface area (Å²) >= 11 is 0. The Morgan fingerprint density at radius 1 is 1.19 bits per heavy atom. The van der Waals surface area contributed by atoms with Crippen molar-refractivity contribution in [2.45, 2.75) is 12.7 Å². The molecular weight excluding hydrogens is 365 g/mol. The van der Waals surface area contributed by atoms with Gasteiger partial charge < -0.3 is 9.09 Å². The van der Waals surface area contributed by atoms with Gasteiger partial charge in [-0.05, 0) is 23.8 Å². The number of benzene rings is 1. The van der Waals surface area contributed by atoms with Gasteiger partial charge in [0.15, 0.2) is 0 Å². The summed E-state index contributed by atoms with van der Waals surface area (Å²) in [5.74, 6) is -1.76. The number of aryl methyl sites for hydroxylation is 1. The zero-order valence-corrected chi connectivity index (χ0v) is 13.8. The highest BCUT2D eigenvalue weighted by Gasteiger charge is 2.38. The highest BCUT2D eigenvalue weighted by Crippen LogP contribution is 2.29. The minimum absolute atomic E-state index is 0.139. The van der Waals surface area contributed by atoms with Crippen molar-refractivity contribution >= 4 is 11.0 Å². The third-order valence-electron chi connectivity index (χ3n) is 3.95. The Labute approximate surface area is 148 Å². The molecule has 0 radical (unpaired) electrons. The van der Waals surface area contributed by atoms with Gasteiger partial charge in [-0.3, -0.25) is 4.79 Å². The second-order valence-corrected chi connectivity index (χ2v) is 5.84. The lowest BCUT2D eigenvalue weighted by Crippen LogP contribution is -2.19. The predicted octanol–water partition coefficient (Wildman–Crippen LogP) is 2.25. The van der Waals surface area contributed by atoms with Crippen LogP contribution in [0, 0.1) is 0 Å². The number of rotatable bonds is 3. The van der Waals surface area contributed by atoms with Crippen LogP contribution in [-0.4, -0.2) is 29.7 Å². The number of hydrogen-bond donors (Lipinski definition) is 0. The van der Waals surface area contributed by atoms with Crippen LogP contribution in [0.15, 0.2) is 45.8 Å². The number of pyridine rings is 1. The molecule has 0 bridgehead atoms. The molecule has 0 unspecified atom stereocenters. The largest absolute Gasteiger partial charge is 0.471 e. The molecule has 11 heteroatoms. The van der Waals surface area contributed by atoms with Crippen LogP contribution >= 0.6 is 0 Å². The van der Waals surface area contributed by atoms with Gasteiger partial charge in [-0.2, -0.15) is 18.2 Å². The molecule has 8 nitrogen and oxygen atoms in total. The fourth-order valence-corrected chi connectivity index (χ4v) is 2.61. The van der Waals surface area contributed by atoms with Gasteiger partial charge in [-0.25, -0.2) is 4.68 Å². The van der Waals surface area contributed by atoms with Gasteiger partial charge in [0, 0.05) is 24.9 Å². The number of fused-ring (bicyclic) bond motifs is 1. The zero-order valence-electron chi connectivity index (χ0n) is 13.8. The molecule has 0 spiro atoms. The fourth-order valence-electron chi connectivity index (χ4n) is 2.61. The Morgan fingerprint density at radius 2 is 2.00 bits per heavy atom. The monoisotopic (exact) mass is 376 g/mol. The van der Waals surface area contributed by atoms with Crippen LogP contribution in [0.5, 0.6) is 0 Å². The average molecular weight is 376 g/mol. The summed E-state index contributed by atoms with van der Waals surface area (Å²) in [6.07, 6.45) is -3.28. The van der Waals surface area contributed by atoms with Crippen molar-refractivity contribution in [3.63, 3.8) is 0 Å². The van der Waals surface area contributed by atoms with Crippen molar-refractivity contribution in [3.8, 4) is 11.4 Å². The lowest BCUT2D eigenvalue weighted by molar-refractivity contribution is -0.159. The second-order valence-electron chi connectivity index (χ2n) is 5.84. The minimum Gasteiger partial charge on any atom is -0.329 e. The molecule has 0 aliphatic rings. The summed E-state index contributed by atoms with van der Waals surface area (Å²) in [6.45, 7) is 0.270. The van der Waals surface area contributed by atoms with E-state index in [1.54, 1.807) is 11.7 Å². The van der Waals surface area contributed by atoms with E-state index in [9.17, 15) is 18.0 Å². The van der Waals surface area contributed by atoms with E-state index in [-0.39, 0.29) is 17.9 Å². The van der Waals surface area contributed by atoms with E-state index in [0.717, 1.165) is 17.1 Å². The topological polar surface area (TPSA) is 91.6 Å². The Hall–Kier alpha value is -3.50. The number of hydrogen-bond acceptors (Lipinski definition) is 6. The van der Waals surface area contributed by atoms with Gasteiger partial charge in [0.1, 0.15) is 5.52 Å². The lowest BCUT2D eigenvalue weighted by atomic mass is 10.2. The number of halogens is 3. The Morgan fingerprint density at radius 3 is 2.70 bits per heavy atom. The second kappa shape index (κ2) is 6.04. The van der Waals surface area contributed by atoms with Crippen molar-refractivity contribution in [1.82, 2.24) is 29.7 Å². The van der Waals surface area contributed by atoms with Crippen molar-refractivity contribution in [2.75, 3.05) is 0 Å². The van der Waals surface area contributed by atoms with Crippen LogP contribution in [0.1, 0.15) is 11.5 Å². The van der Waals surface area contributed by atoms with Crippen LogP contribution < -0.4 is 5.56 Å². The molecule has 0 saturated carbocycles. The molecule has 4 rings (SSSR count). The van der Waals surface area contributed by atoms with Crippen LogP contribution in [-0.2, 0) is 19.8 Å². The predicted molar refractivity (Wildman–Crippen MR) is 86.6 cm³/mol. The number of nitrogens with zero attached hydrogens (tertiary/aromatic N) is 6. The summed E-state index contributed by atoms with van der Waals surface area (Å²) in [4.78, 5) is 15.6. The smallest absolute Gasteiger partial charge is 0.329 e. The average Bonchev–Trinajstić information content (AvgIpc) is 3.24. The Kier molecular flexibility index (Phi) is 3.79. The fraction of sp³-hybridized carbons (Fsp3) is 0.188. The van der Waals surface area contributed by atoms with Gasteiger partial charge in [0.2, 0.25) is 5.82 Å². The number of alkyl halides is 3. The van der Waals surface area contributed by atoms with Crippen LogP contribution in [0.2, 0.25) is 0 Å². The normalized spacial score (nSPS) is 12.0.